The summed E-state index contributed by atoms with van der Waals surface area (Å²) in [6.45, 7) is 1.28. The van der Waals surface area contributed by atoms with E-state index in [1.54, 1.807) is 19.1 Å². The Balaban J connectivity index is 2.29. The lowest BCUT2D eigenvalue weighted by Gasteiger charge is -2.17. The summed E-state index contributed by atoms with van der Waals surface area (Å²) in [6, 6.07) is 13.8. The van der Waals surface area contributed by atoms with Crippen molar-refractivity contribution in [2.45, 2.75) is 6.92 Å². The predicted molar refractivity (Wildman–Crippen MR) is 92.7 cm³/mol. The van der Waals surface area contributed by atoms with Crippen molar-refractivity contribution in [2.75, 3.05) is 18.4 Å². The lowest BCUT2D eigenvalue weighted by Crippen LogP contribution is -2.31. The first kappa shape index (κ1) is 18.6. The number of nitrogens with one attached hydrogen (secondary N) is 1. The van der Waals surface area contributed by atoms with Gasteiger partial charge < -0.3 is 10.2 Å². The summed E-state index contributed by atoms with van der Waals surface area (Å²) in [4.78, 5) is 25.8. The van der Waals surface area contributed by atoms with Gasteiger partial charge in [-0.25, -0.2) is 4.39 Å². The molecule has 0 atom stereocenters. The molecule has 26 heavy (non-hydrogen) atoms. The topological polar surface area (TPSA) is 97.0 Å². The Morgan fingerprint density at radius 2 is 1.77 bits per heavy atom. The van der Waals surface area contributed by atoms with Crippen LogP contribution < -0.4 is 5.32 Å². The van der Waals surface area contributed by atoms with Gasteiger partial charge in [0.15, 0.2) is 0 Å². The molecule has 0 aliphatic heterocycles. The molecule has 0 fully saturated rings. The Bertz CT molecular complexity index is 912. The van der Waals surface area contributed by atoms with Crippen molar-refractivity contribution in [3.63, 3.8) is 0 Å². The standard InChI is InChI=1S/C19H15FN4O2/c1-13-6-7-14(19(26)24(10-8-21)11-9-22)12-17(13)23-18(25)15-4-2-3-5-16(15)20/h2-7,12H,10-11H2,1H3,(H,23,25). The summed E-state index contributed by atoms with van der Waals surface area (Å²) in [7, 11) is 0. The Morgan fingerprint density at radius 3 is 2.38 bits per heavy atom. The molecule has 0 aromatic heterocycles. The number of anilines is 1. The normalized spacial score (nSPS) is 9.69. The van der Waals surface area contributed by atoms with Gasteiger partial charge in [-0.05, 0) is 36.8 Å². The molecule has 0 unspecified atom stereocenters. The van der Waals surface area contributed by atoms with Crippen LogP contribution in [0.15, 0.2) is 42.5 Å². The number of rotatable bonds is 5. The minimum Gasteiger partial charge on any atom is -0.322 e. The van der Waals surface area contributed by atoms with Gasteiger partial charge in [0.1, 0.15) is 18.9 Å². The van der Waals surface area contributed by atoms with Crippen molar-refractivity contribution < 1.29 is 14.0 Å². The third kappa shape index (κ3) is 4.22. The molecule has 130 valence electrons. The largest absolute Gasteiger partial charge is 0.322 e. The van der Waals surface area contributed by atoms with E-state index in [1.807, 2.05) is 12.1 Å². The van der Waals surface area contributed by atoms with Crippen molar-refractivity contribution in [1.29, 1.82) is 10.5 Å². The molecule has 0 radical (unpaired) electrons. The number of nitrogens with zero attached hydrogens (tertiary/aromatic N) is 3. The number of carbonyl (C=O) groups is 2. The number of nitriles is 2. The van der Waals surface area contributed by atoms with Crippen molar-refractivity contribution in [3.8, 4) is 12.1 Å². The average Bonchev–Trinajstić information content (AvgIpc) is 2.63. The fraction of sp³-hybridized carbons (Fsp3) is 0.158. The first-order valence-corrected chi connectivity index (χ1v) is 7.67. The van der Waals surface area contributed by atoms with Crippen molar-refractivity contribution in [1.82, 2.24) is 4.90 Å². The molecule has 0 saturated heterocycles. The minimum absolute atomic E-state index is 0.112. The monoisotopic (exact) mass is 350 g/mol. The van der Waals surface area contributed by atoms with Gasteiger partial charge in [0.2, 0.25) is 0 Å². The van der Waals surface area contributed by atoms with E-state index in [0.717, 1.165) is 4.90 Å². The molecule has 2 rings (SSSR count). The van der Waals surface area contributed by atoms with Crippen LogP contribution in [0.4, 0.5) is 10.1 Å². The number of hydrogen-bond acceptors (Lipinski definition) is 4. The van der Waals surface area contributed by atoms with Crippen LogP contribution in [0.3, 0.4) is 0 Å². The maximum absolute atomic E-state index is 13.7. The molecule has 7 heteroatoms. The molecule has 6 nitrogen and oxygen atoms in total. The molecule has 0 saturated carbocycles. The first-order chi connectivity index (χ1) is 12.5. The minimum atomic E-state index is -0.649. The number of benzene rings is 2. The van der Waals surface area contributed by atoms with E-state index in [1.165, 1.54) is 30.3 Å². The summed E-state index contributed by atoms with van der Waals surface area (Å²) in [5.74, 6) is -1.79. The van der Waals surface area contributed by atoms with Gasteiger partial charge in [-0.15, -0.1) is 0 Å². The summed E-state index contributed by atoms with van der Waals surface area (Å²) in [6.07, 6.45) is 0. The lowest BCUT2D eigenvalue weighted by atomic mass is 10.1. The van der Waals surface area contributed by atoms with E-state index in [9.17, 15) is 14.0 Å². The number of halogens is 1. The third-order valence-electron chi connectivity index (χ3n) is 3.66. The maximum Gasteiger partial charge on any atom is 0.258 e. The summed E-state index contributed by atoms with van der Waals surface area (Å²) >= 11 is 0. The lowest BCUT2D eigenvalue weighted by molar-refractivity contribution is 0.0794. The van der Waals surface area contributed by atoms with Crippen molar-refractivity contribution in [2.24, 2.45) is 0 Å². The molecule has 2 aromatic carbocycles. The quantitative estimate of drug-likeness (QED) is 0.839. The van der Waals surface area contributed by atoms with Gasteiger partial charge in [0.05, 0.1) is 17.7 Å². The van der Waals surface area contributed by atoms with Crippen LogP contribution in [0.1, 0.15) is 26.3 Å². The fourth-order valence-electron chi connectivity index (χ4n) is 2.28. The zero-order chi connectivity index (χ0) is 19.1. The highest BCUT2D eigenvalue weighted by molar-refractivity contribution is 6.05. The number of hydrogen-bond donors (Lipinski definition) is 1. The fourth-order valence-corrected chi connectivity index (χ4v) is 2.28. The summed E-state index contributed by atoms with van der Waals surface area (Å²) in [5.41, 5.74) is 1.13. The second-order valence-electron chi connectivity index (χ2n) is 5.44. The number of aryl methyl sites for hydroxylation is 1. The molecule has 0 aliphatic rings. The zero-order valence-electron chi connectivity index (χ0n) is 14.0. The van der Waals surface area contributed by atoms with E-state index in [-0.39, 0.29) is 24.2 Å². The highest BCUT2D eigenvalue weighted by atomic mass is 19.1. The third-order valence-corrected chi connectivity index (χ3v) is 3.66. The average molecular weight is 350 g/mol. The van der Waals surface area contributed by atoms with Gasteiger partial charge in [-0.2, -0.15) is 10.5 Å². The summed E-state index contributed by atoms with van der Waals surface area (Å²) in [5, 5.41) is 20.2. The molecule has 2 aromatic rings. The van der Waals surface area contributed by atoms with Crippen LogP contribution in [0.5, 0.6) is 0 Å². The van der Waals surface area contributed by atoms with Gasteiger partial charge in [0.25, 0.3) is 11.8 Å². The van der Waals surface area contributed by atoms with E-state index in [2.05, 4.69) is 5.32 Å². The van der Waals surface area contributed by atoms with Gasteiger partial charge in [-0.1, -0.05) is 18.2 Å². The van der Waals surface area contributed by atoms with Gasteiger partial charge in [-0.3, -0.25) is 9.59 Å². The first-order valence-electron chi connectivity index (χ1n) is 7.67. The van der Waals surface area contributed by atoms with E-state index in [4.69, 9.17) is 10.5 Å². The van der Waals surface area contributed by atoms with E-state index < -0.39 is 17.6 Å². The molecule has 0 aliphatic carbocycles. The molecule has 0 bridgehead atoms. The predicted octanol–water partition coefficient (Wildman–Crippen LogP) is 2.88. The van der Waals surface area contributed by atoms with Gasteiger partial charge >= 0.3 is 0 Å². The highest BCUT2D eigenvalue weighted by Gasteiger charge is 2.18. The van der Waals surface area contributed by atoms with Crippen LogP contribution in [0.25, 0.3) is 0 Å². The van der Waals surface area contributed by atoms with Crippen LogP contribution in [0, 0.1) is 35.4 Å². The van der Waals surface area contributed by atoms with E-state index >= 15 is 0 Å². The highest BCUT2D eigenvalue weighted by Crippen LogP contribution is 2.20. The molecule has 2 amide bonds. The second kappa shape index (κ2) is 8.41. The smallest absolute Gasteiger partial charge is 0.258 e. The molecular formula is C19H15FN4O2. The van der Waals surface area contributed by atoms with Crippen LogP contribution in [0.2, 0.25) is 0 Å². The SMILES string of the molecule is Cc1ccc(C(=O)N(CC#N)CC#N)cc1NC(=O)c1ccccc1F. The van der Waals surface area contributed by atoms with Crippen LogP contribution >= 0.6 is 0 Å². The summed E-state index contributed by atoms with van der Waals surface area (Å²) < 4.78 is 13.7. The Kier molecular flexibility index (Phi) is 6.02. The Labute approximate surface area is 150 Å². The van der Waals surface area contributed by atoms with Crippen LogP contribution in [-0.4, -0.2) is 29.8 Å². The molecule has 0 spiro atoms. The van der Waals surface area contributed by atoms with Crippen molar-refractivity contribution >= 4 is 17.5 Å². The van der Waals surface area contributed by atoms with Crippen molar-refractivity contribution in [3.05, 3.63) is 65.0 Å². The van der Waals surface area contributed by atoms with Crippen LogP contribution in [-0.2, 0) is 0 Å². The zero-order valence-corrected chi connectivity index (χ0v) is 14.0. The number of carbonyl (C=O) groups excluding carboxylic acids is 2. The number of amides is 2. The molecular weight excluding hydrogens is 335 g/mol. The molecule has 1 N–H and O–H groups in total. The maximum atomic E-state index is 13.7. The Hall–Kier alpha value is -3.71. The Morgan fingerprint density at radius 1 is 1.12 bits per heavy atom. The molecule has 0 heterocycles. The van der Waals surface area contributed by atoms with E-state index in [0.29, 0.717) is 11.3 Å². The second-order valence-corrected chi connectivity index (χ2v) is 5.44. The van der Waals surface area contributed by atoms with Gasteiger partial charge in [0, 0.05) is 11.3 Å².